The number of aliphatic hydroxyl groups is 1. The summed E-state index contributed by atoms with van der Waals surface area (Å²) >= 11 is 0. The maximum absolute atomic E-state index is 9.61. The van der Waals surface area contributed by atoms with Crippen LogP contribution >= 0.6 is 0 Å². The average molecular weight is 399 g/mol. The van der Waals surface area contributed by atoms with Crippen LogP contribution in [-0.2, 0) is 13.1 Å². The third kappa shape index (κ3) is 7.18. The first kappa shape index (κ1) is 21.3. The van der Waals surface area contributed by atoms with Gasteiger partial charge in [0, 0.05) is 38.6 Å². The number of likely N-dealkylation sites (tertiary alicyclic amines) is 1. The molecule has 0 aliphatic carbocycles. The van der Waals surface area contributed by atoms with Crippen LogP contribution in [0.3, 0.4) is 0 Å². The fourth-order valence-corrected chi connectivity index (χ4v) is 3.59. The summed E-state index contributed by atoms with van der Waals surface area (Å²) in [4.78, 5) is 7.22. The van der Waals surface area contributed by atoms with Gasteiger partial charge in [-0.3, -0.25) is 4.68 Å². The Bertz CT molecular complexity index is 738. The summed E-state index contributed by atoms with van der Waals surface area (Å²) in [6.45, 7) is 8.27. The zero-order chi connectivity index (χ0) is 20.3. The van der Waals surface area contributed by atoms with E-state index in [1.54, 1.807) is 6.20 Å². The molecule has 1 aromatic carbocycles. The summed E-state index contributed by atoms with van der Waals surface area (Å²) in [6.07, 6.45) is 6.55. The fraction of sp³-hybridized carbons (Fsp3) is 0.545. The van der Waals surface area contributed by atoms with Crippen LogP contribution in [0.25, 0.3) is 0 Å². The number of nitrogens with one attached hydrogen (secondary N) is 2. The van der Waals surface area contributed by atoms with E-state index in [1.165, 1.54) is 11.1 Å². The minimum Gasteiger partial charge on any atom is -0.393 e. The molecule has 1 aromatic heterocycles. The number of hydrogen-bond donors (Lipinski definition) is 3. The number of hydrogen-bond acceptors (Lipinski definition) is 4. The highest BCUT2D eigenvalue weighted by Gasteiger charge is 2.16. The molecular weight excluding hydrogens is 364 g/mol. The van der Waals surface area contributed by atoms with Gasteiger partial charge in [0.25, 0.3) is 0 Å². The Morgan fingerprint density at radius 3 is 2.69 bits per heavy atom. The van der Waals surface area contributed by atoms with Crippen molar-refractivity contribution >= 4 is 5.96 Å². The Morgan fingerprint density at radius 1 is 1.17 bits per heavy atom. The van der Waals surface area contributed by atoms with Gasteiger partial charge in [0.2, 0.25) is 0 Å². The summed E-state index contributed by atoms with van der Waals surface area (Å²) in [5.74, 6) is 0.857. The Balaban J connectivity index is 1.49. The van der Waals surface area contributed by atoms with Crippen LogP contribution in [0.5, 0.6) is 0 Å². The molecule has 29 heavy (non-hydrogen) atoms. The third-order valence-corrected chi connectivity index (χ3v) is 5.26. The lowest BCUT2D eigenvalue weighted by atomic mass is 10.1. The standard InChI is InChI=1S/C22H34N6O/c1-2-23-22(24-11-5-13-27-15-9-21(29)10-16-27)25-17-19-7-3-4-8-20(19)18-28-14-6-12-26-28/h3-4,6-8,12,14,21,29H,2,5,9-11,13,15-18H2,1H3,(H2,23,24,25). The lowest BCUT2D eigenvalue weighted by Gasteiger charge is -2.29. The van der Waals surface area contributed by atoms with Gasteiger partial charge >= 0.3 is 0 Å². The lowest BCUT2D eigenvalue weighted by molar-refractivity contribution is 0.0823. The fourth-order valence-electron chi connectivity index (χ4n) is 3.59. The van der Waals surface area contributed by atoms with E-state index in [4.69, 9.17) is 4.99 Å². The molecule has 7 nitrogen and oxygen atoms in total. The third-order valence-electron chi connectivity index (χ3n) is 5.26. The van der Waals surface area contributed by atoms with Crippen molar-refractivity contribution in [2.75, 3.05) is 32.7 Å². The first-order chi connectivity index (χ1) is 14.2. The van der Waals surface area contributed by atoms with E-state index in [2.05, 4.69) is 51.8 Å². The van der Waals surface area contributed by atoms with Gasteiger partial charge in [0.1, 0.15) is 0 Å². The van der Waals surface area contributed by atoms with E-state index in [1.807, 2.05) is 16.9 Å². The van der Waals surface area contributed by atoms with Gasteiger partial charge in [-0.05, 0) is 49.9 Å². The Morgan fingerprint density at radius 2 is 1.97 bits per heavy atom. The number of aliphatic imine (C=N–C) groups is 1. The van der Waals surface area contributed by atoms with Gasteiger partial charge in [-0.25, -0.2) is 4.99 Å². The highest BCUT2D eigenvalue weighted by atomic mass is 16.3. The number of aliphatic hydroxyl groups excluding tert-OH is 1. The monoisotopic (exact) mass is 398 g/mol. The van der Waals surface area contributed by atoms with Crippen LogP contribution in [0, 0.1) is 0 Å². The molecule has 0 unspecified atom stereocenters. The SMILES string of the molecule is CCNC(=NCc1ccccc1Cn1cccn1)NCCCN1CCC(O)CC1. The Hall–Kier alpha value is -2.38. The van der Waals surface area contributed by atoms with E-state index in [-0.39, 0.29) is 6.10 Å². The van der Waals surface area contributed by atoms with E-state index < -0.39 is 0 Å². The molecule has 3 rings (SSSR count). The minimum absolute atomic E-state index is 0.104. The van der Waals surface area contributed by atoms with E-state index >= 15 is 0 Å². The maximum atomic E-state index is 9.61. The summed E-state index contributed by atoms with van der Waals surface area (Å²) < 4.78 is 1.94. The van der Waals surface area contributed by atoms with Crippen molar-refractivity contribution in [3.63, 3.8) is 0 Å². The zero-order valence-corrected chi connectivity index (χ0v) is 17.4. The smallest absolute Gasteiger partial charge is 0.191 e. The molecule has 2 aromatic rings. The number of piperidine rings is 1. The number of rotatable bonds is 9. The van der Waals surface area contributed by atoms with Crippen molar-refractivity contribution in [2.24, 2.45) is 4.99 Å². The second-order valence-electron chi connectivity index (χ2n) is 7.52. The number of aromatic nitrogens is 2. The molecular formula is C22H34N6O. The van der Waals surface area contributed by atoms with Gasteiger partial charge in [-0.15, -0.1) is 0 Å². The predicted molar refractivity (Wildman–Crippen MR) is 117 cm³/mol. The van der Waals surface area contributed by atoms with Gasteiger partial charge in [-0.2, -0.15) is 5.10 Å². The van der Waals surface area contributed by atoms with Crippen molar-refractivity contribution in [1.82, 2.24) is 25.3 Å². The highest BCUT2D eigenvalue weighted by Crippen LogP contribution is 2.12. The van der Waals surface area contributed by atoms with E-state index in [0.717, 1.165) is 64.5 Å². The molecule has 0 amide bonds. The van der Waals surface area contributed by atoms with Crippen molar-refractivity contribution in [2.45, 2.75) is 45.4 Å². The molecule has 1 aliphatic heterocycles. The second-order valence-corrected chi connectivity index (χ2v) is 7.52. The molecule has 0 spiro atoms. The van der Waals surface area contributed by atoms with Gasteiger partial charge in [0.05, 0.1) is 19.2 Å². The van der Waals surface area contributed by atoms with E-state index in [0.29, 0.717) is 6.54 Å². The van der Waals surface area contributed by atoms with Gasteiger partial charge in [-0.1, -0.05) is 24.3 Å². The molecule has 1 aliphatic rings. The minimum atomic E-state index is -0.104. The predicted octanol–water partition coefficient (Wildman–Crippen LogP) is 1.83. The molecule has 7 heteroatoms. The van der Waals surface area contributed by atoms with Crippen LogP contribution in [0.4, 0.5) is 0 Å². The average Bonchev–Trinajstić information content (AvgIpc) is 3.24. The molecule has 1 saturated heterocycles. The van der Waals surface area contributed by atoms with Gasteiger partial charge < -0.3 is 20.6 Å². The van der Waals surface area contributed by atoms with Crippen LogP contribution in [-0.4, -0.2) is 64.6 Å². The number of nitrogens with zero attached hydrogens (tertiary/aromatic N) is 4. The molecule has 2 heterocycles. The summed E-state index contributed by atoms with van der Waals surface area (Å²) in [5.41, 5.74) is 2.45. The van der Waals surface area contributed by atoms with Crippen molar-refractivity contribution < 1.29 is 5.11 Å². The first-order valence-electron chi connectivity index (χ1n) is 10.7. The van der Waals surface area contributed by atoms with Gasteiger partial charge in [0.15, 0.2) is 5.96 Å². The van der Waals surface area contributed by atoms with Crippen LogP contribution < -0.4 is 10.6 Å². The Kier molecular flexibility index (Phi) is 8.52. The molecule has 0 atom stereocenters. The topological polar surface area (TPSA) is 77.7 Å². The lowest BCUT2D eigenvalue weighted by Crippen LogP contribution is -2.40. The van der Waals surface area contributed by atoms with E-state index in [9.17, 15) is 5.11 Å². The second kappa shape index (κ2) is 11.6. The Labute approximate surface area is 173 Å². The quantitative estimate of drug-likeness (QED) is 0.341. The number of guanidine groups is 1. The van der Waals surface area contributed by atoms with Crippen molar-refractivity contribution in [3.05, 3.63) is 53.9 Å². The molecule has 1 fully saturated rings. The van der Waals surface area contributed by atoms with Crippen molar-refractivity contribution in [1.29, 1.82) is 0 Å². The maximum Gasteiger partial charge on any atom is 0.191 e. The molecule has 0 bridgehead atoms. The van der Waals surface area contributed by atoms with Crippen LogP contribution in [0.15, 0.2) is 47.7 Å². The molecule has 3 N–H and O–H groups in total. The summed E-state index contributed by atoms with van der Waals surface area (Å²) in [5, 5.41) is 20.7. The molecule has 0 radical (unpaired) electrons. The molecule has 0 saturated carbocycles. The number of benzene rings is 1. The molecule has 158 valence electrons. The summed E-state index contributed by atoms with van der Waals surface area (Å²) in [7, 11) is 0. The van der Waals surface area contributed by atoms with Crippen molar-refractivity contribution in [3.8, 4) is 0 Å². The normalized spacial score (nSPS) is 16.1. The largest absolute Gasteiger partial charge is 0.393 e. The first-order valence-corrected chi connectivity index (χ1v) is 10.7. The zero-order valence-electron chi connectivity index (χ0n) is 17.4. The highest BCUT2D eigenvalue weighted by molar-refractivity contribution is 5.79. The van der Waals surface area contributed by atoms with Crippen LogP contribution in [0.1, 0.15) is 37.3 Å². The summed E-state index contributed by atoms with van der Waals surface area (Å²) in [6, 6.07) is 10.3. The van der Waals surface area contributed by atoms with Crippen LogP contribution in [0.2, 0.25) is 0 Å².